The highest BCUT2D eigenvalue weighted by Crippen LogP contribution is 2.47. The molecule has 2 aliphatic rings. The Morgan fingerprint density at radius 2 is 2.47 bits per heavy atom. The number of halogens is 1. The fraction of sp³-hybridized carbons (Fsp3) is 0.636. The second-order valence-corrected chi connectivity index (χ2v) is 6.54. The van der Waals surface area contributed by atoms with Gasteiger partial charge in [0.15, 0.2) is 0 Å². The van der Waals surface area contributed by atoms with Gasteiger partial charge in [-0.05, 0) is 13.3 Å². The van der Waals surface area contributed by atoms with E-state index in [4.69, 9.17) is 11.6 Å². The van der Waals surface area contributed by atoms with Crippen LogP contribution in [0.3, 0.4) is 0 Å². The number of nitrogens with zero attached hydrogens (tertiary/aromatic N) is 1. The van der Waals surface area contributed by atoms with E-state index in [0.29, 0.717) is 17.2 Å². The SMILES string of the molecule is C=C(Cl)CNC(=O)C1CSC2(C)CCC(=O)N12. The van der Waals surface area contributed by atoms with Crippen molar-refractivity contribution >= 4 is 35.2 Å². The highest BCUT2D eigenvalue weighted by atomic mass is 35.5. The molecule has 0 aliphatic carbocycles. The Balaban J connectivity index is 2.05. The van der Waals surface area contributed by atoms with Crippen LogP contribution in [0.25, 0.3) is 0 Å². The Morgan fingerprint density at radius 1 is 1.76 bits per heavy atom. The van der Waals surface area contributed by atoms with Crippen LogP contribution in [-0.2, 0) is 9.59 Å². The van der Waals surface area contributed by atoms with Crippen molar-refractivity contribution in [2.24, 2.45) is 0 Å². The Bertz CT molecular complexity index is 388. The zero-order valence-corrected chi connectivity index (χ0v) is 11.2. The maximum Gasteiger partial charge on any atom is 0.244 e. The van der Waals surface area contributed by atoms with Crippen LogP contribution in [0.5, 0.6) is 0 Å². The average Bonchev–Trinajstić information content (AvgIpc) is 2.73. The molecule has 0 aromatic carbocycles. The predicted octanol–water partition coefficient (Wildman–Crippen LogP) is 1.31. The molecule has 17 heavy (non-hydrogen) atoms. The normalized spacial score (nSPS) is 31.5. The van der Waals surface area contributed by atoms with Crippen LogP contribution in [0, 0.1) is 0 Å². The molecule has 6 heteroatoms. The molecule has 0 saturated carbocycles. The molecule has 0 aromatic heterocycles. The summed E-state index contributed by atoms with van der Waals surface area (Å²) in [5.41, 5.74) is 0. The molecule has 0 bridgehead atoms. The molecular formula is C11H15ClN2O2S. The summed E-state index contributed by atoms with van der Waals surface area (Å²) in [6.07, 6.45) is 1.36. The van der Waals surface area contributed by atoms with E-state index in [2.05, 4.69) is 11.9 Å². The summed E-state index contributed by atoms with van der Waals surface area (Å²) in [6, 6.07) is -0.365. The van der Waals surface area contributed by atoms with E-state index >= 15 is 0 Å². The first-order valence-electron chi connectivity index (χ1n) is 5.51. The van der Waals surface area contributed by atoms with Gasteiger partial charge in [-0.15, -0.1) is 11.8 Å². The zero-order valence-electron chi connectivity index (χ0n) is 9.66. The third-order valence-corrected chi connectivity index (χ3v) is 4.84. The van der Waals surface area contributed by atoms with Crippen molar-refractivity contribution in [1.29, 1.82) is 0 Å². The molecule has 2 amide bonds. The number of amides is 2. The van der Waals surface area contributed by atoms with Crippen LogP contribution in [-0.4, -0.2) is 39.9 Å². The summed E-state index contributed by atoms with van der Waals surface area (Å²) in [5, 5.41) is 3.09. The van der Waals surface area contributed by atoms with Crippen LogP contribution in [0.2, 0.25) is 0 Å². The van der Waals surface area contributed by atoms with Crippen LogP contribution in [0.15, 0.2) is 11.6 Å². The van der Waals surface area contributed by atoms with Gasteiger partial charge >= 0.3 is 0 Å². The lowest BCUT2D eigenvalue weighted by Crippen LogP contribution is -2.50. The second-order valence-electron chi connectivity index (χ2n) is 4.50. The Hall–Kier alpha value is -0.680. The van der Waals surface area contributed by atoms with Crippen molar-refractivity contribution in [3.63, 3.8) is 0 Å². The standard InChI is InChI=1S/C11H15ClN2O2S/c1-7(12)5-13-10(16)8-6-17-11(2)4-3-9(15)14(8)11/h8H,1,3-6H2,2H3,(H,13,16). The van der Waals surface area contributed by atoms with Gasteiger partial charge in [-0.3, -0.25) is 9.59 Å². The minimum Gasteiger partial charge on any atom is -0.349 e. The van der Waals surface area contributed by atoms with E-state index in [9.17, 15) is 9.59 Å². The fourth-order valence-corrected chi connectivity index (χ4v) is 3.81. The maximum absolute atomic E-state index is 12.0. The predicted molar refractivity (Wildman–Crippen MR) is 68.7 cm³/mol. The van der Waals surface area contributed by atoms with Gasteiger partial charge in [0.25, 0.3) is 0 Å². The van der Waals surface area contributed by atoms with Gasteiger partial charge in [0.2, 0.25) is 11.8 Å². The number of fused-ring (bicyclic) bond motifs is 1. The van der Waals surface area contributed by atoms with Gasteiger partial charge in [0, 0.05) is 17.2 Å². The number of rotatable bonds is 3. The van der Waals surface area contributed by atoms with Gasteiger partial charge in [-0.2, -0.15) is 0 Å². The van der Waals surface area contributed by atoms with Crippen molar-refractivity contribution in [2.75, 3.05) is 12.3 Å². The summed E-state index contributed by atoms with van der Waals surface area (Å²) < 4.78 is 0. The monoisotopic (exact) mass is 274 g/mol. The van der Waals surface area contributed by atoms with Crippen molar-refractivity contribution < 1.29 is 9.59 Å². The van der Waals surface area contributed by atoms with Crippen LogP contribution >= 0.6 is 23.4 Å². The highest BCUT2D eigenvalue weighted by molar-refractivity contribution is 8.01. The Kier molecular flexibility index (Phi) is 3.41. The number of hydrogen-bond acceptors (Lipinski definition) is 3. The molecule has 4 nitrogen and oxygen atoms in total. The largest absolute Gasteiger partial charge is 0.349 e. The lowest BCUT2D eigenvalue weighted by atomic mass is 10.2. The van der Waals surface area contributed by atoms with E-state index in [0.717, 1.165) is 6.42 Å². The average molecular weight is 275 g/mol. The molecule has 0 radical (unpaired) electrons. The molecule has 94 valence electrons. The molecular weight excluding hydrogens is 260 g/mol. The molecule has 2 aliphatic heterocycles. The van der Waals surface area contributed by atoms with Crippen molar-refractivity contribution in [3.8, 4) is 0 Å². The number of nitrogens with one attached hydrogen (secondary N) is 1. The van der Waals surface area contributed by atoms with Crippen LogP contribution in [0.1, 0.15) is 19.8 Å². The highest BCUT2D eigenvalue weighted by Gasteiger charge is 2.52. The number of carbonyl (C=O) groups is 2. The van der Waals surface area contributed by atoms with Crippen LogP contribution < -0.4 is 5.32 Å². The second kappa shape index (κ2) is 4.53. The first kappa shape index (κ1) is 12.8. The van der Waals surface area contributed by atoms with Gasteiger partial charge in [0.1, 0.15) is 6.04 Å². The topological polar surface area (TPSA) is 49.4 Å². The Morgan fingerprint density at radius 3 is 3.12 bits per heavy atom. The smallest absolute Gasteiger partial charge is 0.244 e. The molecule has 0 aromatic rings. The van der Waals surface area contributed by atoms with E-state index in [-0.39, 0.29) is 29.3 Å². The summed E-state index contributed by atoms with van der Waals surface area (Å²) in [6.45, 7) is 5.79. The first-order valence-corrected chi connectivity index (χ1v) is 6.87. The van der Waals surface area contributed by atoms with E-state index in [1.807, 2.05) is 6.92 Å². The van der Waals surface area contributed by atoms with Gasteiger partial charge in [0.05, 0.1) is 11.4 Å². The third-order valence-electron chi connectivity index (χ3n) is 3.20. The maximum atomic E-state index is 12.0. The lowest BCUT2D eigenvalue weighted by molar-refractivity contribution is -0.137. The third kappa shape index (κ3) is 2.31. The van der Waals surface area contributed by atoms with Crippen molar-refractivity contribution in [1.82, 2.24) is 10.2 Å². The molecule has 2 atom stereocenters. The zero-order chi connectivity index (χ0) is 12.6. The summed E-state index contributed by atoms with van der Waals surface area (Å²) in [7, 11) is 0. The fourth-order valence-electron chi connectivity index (χ4n) is 2.32. The Labute approximate surface area is 110 Å². The molecule has 0 spiro atoms. The lowest BCUT2D eigenvalue weighted by Gasteiger charge is -2.29. The molecule has 2 rings (SSSR count). The first-order chi connectivity index (χ1) is 7.94. The van der Waals surface area contributed by atoms with Crippen molar-refractivity contribution in [3.05, 3.63) is 11.6 Å². The van der Waals surface area contributed by atoms with Gasteiger partial charge < -0.3 is 10.2 Å². The molecule has 2 heterocycles. The molecule has 2 saturated heterocycles. The molecule has 2 fully saturated rings. The number of thioether (sulfide) groups is 1. The summed E-state index contributed by atoms with van der Waals surface area (Å²) >= 11 is 7.28. The van der Waals surface area contributed by atoms with Crippen molar-refractivity contribution in [2.45, 2.75) is 30.7 Å². The summed E-state index contributed by atoms with van der Waals surface area (Å²) in [5.74, 6) is 0.587. The minimum atomic E-state index is -0.365. The molecule has 2 unspecified atom stereocenters. The quantitative estimate of drug-likeness (QED) is 0.844. The molecule has 1 N–H and O–H groups in total. The van der Waals surface area contributed by atoms with Crippen LogP contribution in [0.4, 0.5) is 0 Å². The van der Waals surface area contributed by atoms with E-state index in [1.54, 1.807) is 16.7 Å². The van der Waals surface area contributed by atoms with E-state index in [1.165, 1.54) is 0 Å². The van der Waals surface area contributed by atoms with Gasteiger partial charge in [-0.1, -0.05) is 18.2 Å². The van der Waals surface area contributed by atoms with Gasteiger partial charge in [-0.25, -0.2) is 0 Å². The van der Waals surface area contributed by atoms with E-state index < -0.39 is 0 Å². The minimum absolute atomic E-state index is 0.0716. The summed E-state index contributed by atoms with van der Waals surface area (Å²) in [4.78, 5) is 25.3. The number of carbonyl (C=O) groups excluding carboxylic acids is 2. The number of hydrogen-bond donors (Lipinski definition) is 1.